The second kappa shape index (κ2) is 10.3. The van der Waals surface area contributed by atoms with Gasteiger partial charge < -0.3 is 30.0 Å². The molecule has 9 heteroatoms. The van der Waals surface area contributed by atoms with Crippen molar-refractivity contribution >= 4 is 22.8 Å². The lowest BCUT2D eigenvalue weighted by Crippen LogP contribution is -2.62. The van der Waals surface area contributed by atoms with E-state index in [2.05, 4.69) is 76.7 Å². The maximum Gasteiger partial charge on any atom is 0.407 e. The van der Waals surface area contributed by atoms with E-state index in [1.165, 1.54) is 0 Å². The minimum atomic E-state index is -0.532. The Balaban J connectivity index is 1.36. The highest BCUT2D eigenvalue weighted by Crippen LogP contribution is 2.32. The summed E-state index contributed by atoms with van der Waals surface area (Å²) >= 11 is 0. The van der Waals surface area contributed by atoms with Gasteiger partial charge in [-0.1, -0.05) is 32.9 Å². The Bertz CT molecular complexity index is 1220. The summed E-state index contributed by atoms with van der Waals surface area (Å²) in [6.07, 6.45) is 4.44. The lowest BCUT2D eigenvalue weighted by molar-refractivity contribution is -0.0548. The number of hydrogen-bond acceptors (Lipinski definition) is 7. The number of morpholine rings is 1. The second-order valence-corrected chi connectivity index (χ2v) is 12.6. The number of carbonyl (C=O) groups is 1. The number of H-pyrrole nitrogens is 1. The molecule has 206 valence electrons. The Labute approximate surface area is 225 Å². The van der Waals surface area contributed by atoms with Gasteiger partial charge in [0.15, 0.2) is 0 Å². The highest BCUT2D eigenvalue weighted by atomic mass is 16.6. The Kier molecular flexibility index (Phi) is 7.17. The number of benzene rings is 1. The Hall–Kier alpha value is -3.04. The average Bonchev–Trinajstić information content (AvgIpc) is 3.33. The topological polar surface area (TPSA) is 94.2 Å². The summed E-state index contributed by atoms with van der Waals surface area (Å²) in [5, 5.41) is 7.79. The number of ether oxygens (including phenoxy) is 2. The third-order valence-corrected chi connectivity index (χ3v) is 7.53. The molecule has 0 radical (unpaired) electrons. The minimum absolute atomic E-state index is 0.0427. The van der Waals surface area contributed by atoms with Crippen LogP contribution in [0.4, 0.5) is 4.79 Å². The summed E-state index contributed by atoms with van der Waals surface area (Å²) in [4.78, 5) is 26.1. The molecule has 4 heterocycles. The minimum Gasteiger partial charge on any atom is -0.444 e. The van der Waals surface area contributed by atoms with Crippen molar-refractivity contribution < 1.29 is 14.3 Å². The van der Waals surface area contributed by atoms with Gasteiger partial charge in [0.2, 0.25) is 0 Å². The van der Waals surface area contributed by atoms with Crippen LogP contribution in [0.5, 0.6) is 0 Å². The maximum atomic E-state index is 12.6. The van der Waals surface area contributed by atoms with Crippen LogP contribution in [0.3, 0.4) is 0 Å². The molecule has 2 unspecified atom stereocenters. The number of aliphatic imine (C=N–C) groups is 1. The largest absolute Gasteiger partial charge is 0.444 e. The Morgan fingerprint density at radius 2 is 2.05 bits per heavy atom. The van der Waals surface area contributed by atoms with Crippen LogP contribution in [0.25, 0.3) is 10.9 Å². The average molecular weight is 523 g/mol. The van der Waals surface area contributed by atoms with Gasteiger partial charge in [-0.25, -0.2) is 9.79 Å². The van der Waals surface area contributed by atoms with Gasteiger partial charge in [-0.3, -0.25) is 4.90 Å². The summed E-state index contributed by atoms with van der Waals surface area (Å²) in [6.45, 7) is 16.1. The van der Waals surface area contributed by atoms with Crippen LogP contribution >= 0.6 is 0 Å². The molecule has 0 bridgehead atoms. The van der Waals surface area contributed by atoms with Gasteiger partial charge in [0.05, 0.1) is 25.0 Å². The molecule has 38 heavy (non-hydrogen) atoms. The van der Waals surface area contributed by atoms with Crippen LogP contribution < -0.4 is 10.6 Å². The summed E-state index contributed by atoms with van der Waals surface area (Å²) in [7, 11) is 0. The van der Waals surface area contributed by atoms with Crippen LogP contribution in [0, 0.1) is 5.41 Å². The molecule has 3 atom stereocenters. The number of amides is 1. The van der Waals surface area contributed by atoms with E-state index in [-0.39, 0.29) is 29.8 Å². The molecule has 9 nitrogen and oxygen atoms in total. The predicted molar refractivity (Wildman–Crippen MR) is 150 cm³/mol. The Morgan fingerprint density at radius 3 is 2.82 bits per heavy atom. The highest BCUT2D eigenvalue weighted by molar-refractivity contribution is 6.10. The molecule has 5 rings (SSSR count). The fraction of sp³-hybridized carbons (Fsp3) is 0.586. The monoisotopic (exact) mass is 522 g/mol. The lowest BCUT2D eigenvalue weighted by atomic mass is 9.84. The first-order chi connectivity index (χ1) is 18.0. The summed E-state index contributed by atoms with van der Waals surface area (Å²) in [5.74, 6) is 0.884. The van der Waals surface area contributed by atoms with Gasteiger partial charge in [-0.05, 0) is 44.7 Å². The molecule has 0 aliphatic carbocycles. The number of hydrogen-bond donors (Lipinski definition) is 3. The molecule has 1 aromatic heterocycles. The van der Waals surface area contributed by atoms with E-state index < -0.39 is 5.60 Å². The van der Waals surface area contributed by atoms with Crippen molar-refractivity contribution in [2.24, 2.45) is 10.4 Å². The molecule has 3 N–H and O–H groups in total. The third kappa shape index (κ3) is 5.68. The molecule has 0 spiro atoms. The molecule has 0 saturated carbocycles. The number of piperazine rings is 1. The fourth-order valence-corrected chi connectivity index (χ4v) is 5.56. The van der Waals surface area contributed by atoms with Gasteiger partial charge in [0.25, 0.3) is 0 Å². The highest BCUT2D eigenvalue weighted by Gasteiger charge is 2.41. The Morgan fingerprint density at radius 1 is 1.24 bits per heavy atom. The number of amidine groups is 1. The van der Waals surface area contributed by atoms with E-state index in [0.717, 1.165) is 60.7 Å². The van der Waals surface area contributed by atoms with Crippen molar-refractivity contribution in [2.45, 2.75) is 71.8 Å². The van der Waals surface area contributed by atoms with Crippen LogP contribution in [-0.2, 0) is 9.47 Å². The van der Waals surface area contributed by atoms with E-state index in [4.69, 9.17) is 14.5 Å². The summed E-state index contributed by atoms with van der Waals surface area (Å²) in [5.41, 5.74) is 2.71. The molecular weight excluding hydrogens is 480 g/mol. The molecule has 2 aromatic rings. The van der Waals surface area contributed by atoms with E-state index in [1.54, 1.807) is 0 Å². The normalized spacial score (nSPS) is 23.1. The smallest absolute Gasteiger partial charge is 0.407 e. The zero-order valence-corrected chi connectivity index (χ0v) is 23.5. The molecular formula is C29H42N6O3. The predicted octanol–water partition coefficient (Wildman–Crippen LogP) is 4.03. The van der Waals surface area contributed by atoms with Gasteiger partial charge in [-0.2, -0.15) is 0 Å². The van der Waals surface area contributed by atoms with Gasteiger partial charge in [-0.15, -0.1) is 0 Å². The van der Waals surface area contributed by atoms with Crippen molar-refractivity contribution in [3.8, 4) is 0 Å². The van der Waals surface area contributed by atoms with Gasteiger partial charge in [0.1, 0.15) is 17.6 Å². The maximum absolute atomic E-state index is 12.6. The quantitative estimate of drug-likeness (QED) is 0.549. The standard InChI is InChI=1S/C29H42N6O3/c1-28(2,3)24(32-27(36)38-29(4,5)6)11-13-34-17-19-18-37-15-14-35(19)26-23(34)16-31-25(33-26)21-8-7-9-22-20(21)10-12-30-22/h7-10,12,16,19,24,26,30H,11,13-15,17-18H2,1-6H3,(H,31,33)(H,32,36)/t19?,24?,26-/m1/s1. The van der Waals surface area contributed by atoms with Crippen molar-refractivity contribution in [3.05, 3.63) is 47.9 Å². The molecule has 2 saturated heterocycles. The summed E-state index contributed by atoms with van der Waals surface area (Å²) in [6, 6.07) is 8.59. The SMILES string of the molecule is CC(C)(C)OC(=O)NC(CCN1CC2COCCN2[C@H]2N=C(c3cccc4[nH]ccc34)NC=C21)C(C)(C)C. The molecule has 1 amide bonds. The van der Waals surface area contributed by atoms with Crippen molar-refractivity contribution in [3.63, 3.8) is 0 Å². The number of carbonyl (C=O) groups excluding carboxylic acids is 1. The first-order valence-corrected chi connectivity index (χ1v) is 13.7. The molecule has 1 aromatic carbocycles. The second-order valence-electron chi connectivity index (χ2n) is 12.6. The van der Waals surface area contributed by atoms with E-state index in [0.29, 0.717) is 6.61 Å². The zero-order chi connectivity index (χ0) is 27.1. The number of alkyl carbamates (subject to hydrolysis) is 1. The van der Waals surface area contributed by atoms with Crippen LogP contribution in [0.15, 0.2) is 47.4 Å². The molecule has 3 aliphatic rings. The number of nitrogens with one attached hydrogen (secondary N) is 3. The van der Waals surface area contributed by atoms with E-state index in [9.17, 15) is 4.79 Å². The van der Waals surface area contributed by atoms with Crippen molar-refractivity contribution in [1.29, 1.82) is 0 Å². The molecule has 3 aliphatic heterocycles. The van der Waals surface area contributed by atoms with Gasteiger partial charge >= 0.3 is 6.09 Å². The number of rotatable bonds is 5. The van der Waals surface area contributed by atoms with Gasteiger partial charge in [0, 0.05) is 54.5 Å². The van der Waals surface area contributed by atoms with Crippen molar-refractivity contribution in [1.82, 2.24) is 25.4 Å². The molecule has 2 fully saturated rings. The first kappa shape index (κ1) is 26.6. The third-order valence-electron chi connectivity index (χ3n) is 7.53. The van der Waals surface area contributed by atoms with Crippen LogP contribution in [0.2, 0.25) is 0 Å². The van der Waals surface area contributed by atoms with Crippen LogP contribution in [0.1, 0.15) is 53.5 Å². The number of aromatic nitrogens is 1. The zero-order valence-electron chi connectivity index (χ0n) is 23.5. The number of aromatic amines is 1. The van der Waals surface area contributed by atoms with Crippen molar-refractivity contribution in [2.75, 3.05) is 32.8 Å². The lowest BCUT2D eigenvalue weighted by Gasteiger charge is -2.50. The van der Waals surface area contributed by atoms with Crippen LogP contribution in [-0.4, -0.2) is 83.4 Å². The van der Waals surface area contributed by atoms with E-state index >= 15 is 0 Å². The fourth-order valence-electron chi connectivity index (χ4n) is 5.56. The summed E-state index contributed by atoms with van der Waals surface area (Å²) < 4.78 is 11.4. The first-order valence-electron chi connectivity index (χ1n) is 13.7. The number of nitrogens with zero attached hydrogens (tertiary/aromatic N) is 3. The number of fused-ring (bicyclic) bond motifs is 4. The van der Waals surface area contributed by atoms with E-state index in [1.807, 2.05) is 27.0 Å².